The van der Waals surface area contributed by atoms with Crippen molar-refractivity contribution < 1.29 is 4.79 Å². The molecule has 0 atom stereocenters. The highest BCUT2D eigenvalue weighted by Crippen LogP contribution is 2.16. The number of carbonyl (C=O) groups is 1. The third kappa shape index (κ3) is 1.93. The minimum Gasteiger partial charge on any atom is -0.395 e. The number of rotatable bonds is 3. The molecule has 16 heavy (non-hydrogen) atoms. The summed E-state index contributed by atoms with van der Waals surface area (Å²) in [7, 11) is 0. The molecule has 0 aromatic carbocycles. The third-order valence-corrected chi connectivity index (χ3v) is 2.79. The van der Waals surface area contributed by atoms with Crippen molar-refractivity contribution in [2.45, 2.75) is 32.2 Å². The van der Waals surface area contributed by atoms with Crippen LogP contribution in [0.2, 0.25) is 0 Å². The normalized spacial score (nSPS) is 15.6. The molecule has 0 bridgehead atoms. The molecule has 2 rings (SSSR count). The number of nitrogens with two attached hydrogens (primary N) is 1. The van der Waals surface area contributed by atoms with E-state index in [2.05, 4.69) is 27.7 Å². The number of aryl methyl sites for hydroxylation is 1. The molecule has 0 saturated heterocycles. The lowest BCUT2D eigenvalue weighted by Crippen LogP contribution is -2.33. The maximum atomic E-state index is 11.8. The first-order valence-electron chi connectivity index (χ1n) is 5.51. The second-order valence-corrected chi connectivity index (χ2v) is 3.93. The first-order chi connectivity index (χ1) is 7.72. The van der Waals surface area contributed by atoms with Crippen LogP contribution in [0.25, 0.3) is 0 Å². The first-order valence-corrected chi connectivity index (χ1v) is 5.51. The van der Waals surface area contributed by atoms with Gasteiger partial charge in [0.15, 0.2) is 5.69 Å². The smallest absolute Gasteiger partial charge is 0.274 e. The van der Waals surface area contributed by atoms with Gasteiger partial charge in [0.1, 0.15) is 0 Å². The predicted molar refractivity (Wildman–Crippen MR) is 62.0 cm³/mol. The van der Waals surface area contributed by atoms with Gasteiger partial charge in [-0.05, 0) is 19.3 Å². The molecule has 0 radical (unpaired) electrons. The van der Waals surface area contributed by atoms with E-state index in [1.54, 1.807) is 0 Å². The van der Waals surface area contributed by atoms with Crippen LogP contribution in [0.5, 0.6) is 0 Å². The Hall–Kier alpha value is -1.78. The Morgan fingerprint density at radius 2 is 2.31 bits per heavy atom. The lowest BCUT2D eigenvalue weighted by Gasteiger charge is -2.10. The molecule has 5 nitrogen and oxygen atoms in total. The summed E-state index contributed by atoms with van der Waals surface area (Å²) in [4.78, 5) is 11.8. The molecule has 1 amide bonds. The van der Waals surface area contributed by atoms with Crippen molar-refractivity contribution in [1.82, 2.24) is 15.5 Å². The molecule has 1 aromatic heterocycles. The number of hydrogen-bond donors (Lipinski definition) is 3. The van der Waals surface area contributed by atoms with Crippen LogP contribution in [0.4, 0.5) is 5.69 Å². The van der Waals surface area contributed by atoms with Gasteiger partial charge in [-0.15, -0.1) is 0 Å². The minimum atomic E-state index is -0.192. The lowest BCUT2D eigenvalue weighted by atomic mass is 10.2. The Kier molecular flexibility index (Phi) is 2.94. The van der Waals surface area contributed by atoms with Crippen LogP contribution >= 0.6 is 0 Å². The van der Waals surface area contributed by atoms with E-state index in [0.29, 0.717) is 11.4 Å². The van der Waals surface area contributed by atoms with Crippen molar-refractivity contribution in [1.29, 1.82) is 0 Å². The largest absolute Gasteiger partial charge is 0.395 e. The van der Waals surface area contributed by atoms with Crippen LogP contribution in [-0.2, 0) is 6.42 Å². The summed E-state index contributed by atoms with van der Waals surface area (Å²) in [6.07, 6.45) is 6.65. The van der Waals surface area contributed by atoms with E-state index in [-0.39, 0.29) is 11.9 Å². The lowest BCUT2D eigenvalue weighted by molar-refractivity contribution is 0.0935. The van der Waals surface area contributed by atoms with Crippen molar-refractivity contribution in [2.75, 3.05) is 5.73 Å². The van der Waals surface area contributed by atoms with Crippen LogP contribution < -0.4 is 11.1 Å². The summed E-state index contributed by atoms with van der Waals surface area (Å²) in [5.41, 5.74) is 7.41. The summed E-state index contributed by atoms with van der Waals surface area (Å²) in [6, 6.07) is 0.189. The average molecular weight is 220 g/mol. The van der Waals surface area contributed by atoms with Crippen molar-refractivity contribution in [3.63, 3.8) is 0 Å². The second kappa shape index (κ2) is 4.38. The Morgan fingerprint density at radius 3 is 2.88 bits per heavy atom. The molecule has 0 fully saturated rings. The number of aromatic amines is 1. The van der Waals surface area contributed by atoms with Gasteiger partial charge in [-0.1, -0.05) is 19.1 Å². The van der Waals surface area contributed by atoms with Crippen LogP contribution in [0, 0.1) is 0 Å². The molecular weight excluding hydrogens is 204 g/mol. The fraction of sp³-hybridized carbons (Fsp3) is 0.455. The van der Waals surface area contributed by atoms with E-state index >= 15 is 0 Å². The van der Waals surface area contributed by atoms with E-state index in [4.69, 9.17) is 5.73 Å². The molecule has 1 aliphatic carbocycles. The monoisotopic (exact) mass is 220 g/mol. The number of amides is 1. The number of aromatic nitrogens is 2. The highest BCUT2D eigenvalue weighted by molar-refractivity contribution is 5.97. The number of nitrogens with one attached hydrogen (secondary N) is 2. The van der Waals surface area contributed by atoms with Gasteiger partial charge in [0.25, 0.3) is 5.91 Å². The highest BCUT2D eigenvalue weighted by atomic mass is 16.2. The fourth-order valence-corrected chi connectivity index (χ4v) is 1.82. The topological polar surface area (TPSA) is 83.8 Å². The second-order valence-electron chi connectivity index (χ2n) is 3.93. The number of hydrogen-bond acceptors (Lipinski definition) is 3. The van der Waals surface area contributed by atoms with Crippen LogP contribution in [-0.4, -0.2) is 22.1 Å². The van der Waals surface area contributed by atoms with Gasteiger partial charge in [-0.25, -0.2) is 0 Å². The van der Waals surface area contributed by atoms with Crippen LogP contribution in [0.1, 0.15) is 35.9 Å². The van der Waals surface area contributed by atoms with Gasteiger partial charge < -0.3 is 11.1 Å². The van der Waals surface area contributed by atoms with Gasteiger partial charge in [0.2, 0.25) is 0 Å². The molecule has 86 valence electrons. The molecule has 0 aliphatic heterocycles. The number of H-pyrrole nitrogens is 1. The molecular formula is C11H16N4O. The molecule has 4 N–H and O–H groups in total. The molecule has 1 heterocycles. The Labute approximate surface area is 94.1 Å². The van der Waals surface area contributed by atoms with E-state index in [1.165, 1.54) is 0 Å². The summed E-state index contributed by atoms with van der Waals surface area (Å²) in [5, 5.41) is 9.63. The van der Waals surface area contributed by atoms with Crippen LogP contribution in [0.3, 0.4) is 0 Å². The van der Waals surface area contributed by atoms with Crippen molar-refractivity contribution >= 4 is 11.6 Å². The molecule has 0 unspecified atom stereocenters. The van der Waals surface area contributed by atoms with E-state index in [0.717, 1.165) is 25.0 Å². The van der Waals surface area contributed by atoms with Gasteiger partial charge in [-0.3, -0.25) is 9.89 Å². The van der Waals surface area contributed by atoms with E-state index in [9.17, 15) is 4.79 Å². The Bertz CT molecular complexity index is 414. The summed E-state index contributed by atoms with van der Waals surface area (Å²) >= 11 is 0. The zero-order valence-corrected chi connectivity index (χ0v) is 9.29. The zero-order valence-electron chi connectivity index (χ0n) is 9.29. The summed E-state index contributed by atoms with van der Waals surface area (Å²) in [6.45, 7) is 1.96. The summed E-state index contributed by atoms with van der Waals surface area (Å²) in [5.74, 6) is -0.192. The van der Waals surface area contributed by atoms with Gasteiger partial charge in [0, 0.05) is 6.04 Å². The Balaban J connectivity index is 2.05. The van der Waals surface area contributed by atoms with E-state index in [1.807, 2.05) is 6.92 Å². The van der Waals surface area contributed by atoms with Crippen LogP contribution in [0.15, 0.2) is 12.2 Å². The maximum absolute atomic E-state index is 11.8. The van der Waals surface area contributed by atoms with Crippen molar-refractivity contribution in [2.24, 2.45) is 0 Å². The fourth-order valence-electron chi connectivity index (χ4n) is 1.82. The Morgan fingerprint density at radius 1 is 1.62 bits per heavy atom. The van der Waals surface area contributed by atoms with Crippen molar-refractivity contribution in [3.05, 3.63) is 23.5 Å². The van der Waals surface area contributed by atoms with Gasteiger partial charge in [-0.2, -0.15) is 5.10 Å². The molecule has 5 heteroatoms. The van der Waals surface area contributed by atoms with Gasteiger partial charge in [0.05, 0.1) is 11.4 Å². The number of anilines is 1. The number of carbonyl (C=O) groups excluding carboxylic acids is 1. The van der Waals surface area contributed by atoms with Gasteiger partial charge >= 0.3 is 0 Å². The summed E-state index contributed by atoms with van der Waals surface area (Å²) < 4.78 is 0. The minimum absolute atomic E-state index is 0.189. The average Bonchev–Trinajstić information content (AvgIpc) is 2.87. The highest BCUT2D eigenvalue weighted by Gasteiger charge is 2.19. The number of nitrogen functional groups attached to an aromatic ring is 1. The zero-order chi connectivity index (χ0) is 11.5. The van der Waals surface area contributed by atoms with Crippen molar-refractivity contribution in [3.8, 4) is 0 Å². The number of nitrogens with zero attached hydrogens (tertiary/aromatic N) is 1. The van der Waals surface area contributed by atoms with E-state index < -0.39 is 0 Å². The SMILES string of the molecule is CCc1[nH]nc(C(=O)NC2CC=CC2)c1N. The first kappa shape index (κ1) is 10.7. The standard InChI is InChI=1S/C11H16N4O/c1-2-8-9(12)10(15-14-8)11(16)13-7-5-3-4-6-7/h3-4,7H,2,5-6,12H2,1H3,(H,13,16)(H,14,15). The quantitative estimate of drug-likeness (QED) is 0.664. The molecule has 0 saturated carbocycles. The molecule has 0 spiro atoms. The molecule has 1 aromatic rings. The molecule has 1 aliphatic rings. The third-order valence-electron chi connectivity index (χ3n) is 2.79. The maximum Gasteiger partial charge on any atom is 0.274 e. The predicted octanol–water partition coefficient (Wildman–Crippen LogP) is 1.00.